The molecular weight excluding hydrogens is 160 g/mol. The Hall–Kier alpha value is -0.370. The lowest BCUT2D eigenvalue weighted by Crippen LogP contribution is -2.24. The van der Waals surface area contributed by atoms with Gasteiger partial charge in [0.1, 0.15) is 0 Å². The van der Waals surface area contributed by atoms with Crippen molar-refractivity contribution in [2.75, 3.05) is 14.1 Å². The van der Waals surface area contributed by atoms with Gasteiger partial charge in [-0.15, -0.1) is 0 Å². The third kappa shape index (κ3) is 6.76. The maximum absolute atomic E-state index is 4.33. The molecule has 0 aliphatic carbocycles. The second kappa shape index (κ2) is 7.07. The number of rotatable bonds is 6. The van der Waals surface area contributed by atoms with Crippen LogP contribution in [0.5, 0.6) is 0 Å². The number of nitrogens with zero attached hydrogens (tertiary/aromatic N) is 2. The molecule has 0 aromatic carbocycles. The van der Waals surface area contributed by atoms with Crippen LogP contribution in [0.3, 0.4) is 0 Å². The van der Waals surface area contributed by atoms with Crippen molar-refractivity contribution in [3.8, 4) is 0 Å². The molecule has 13 heavy (non-hydrogen) atoms. The average molecular weight is 184 g/mol. The van der Waals surface area contributed by atoms with Gasteiger partial charge in [-0.2, -0.15) is 0 Å². The van der Waals surface area contributed by atoms with Gasteiger partial charge in [-0.3, -0.25) is 4.99 Å². The van der Waals surface area contributed by atoms with Gasteiger partial charge in [-0.1, -0.05) is 0 Å². The molecule has 0 aromatic rings. The van der Waals surface area contributed by atoms with Gasteiger partial charge in [0.15, 0.2) is 0 Å². The van der Waals surface area contributed by atoms with Gasteiger partial charge in [0.25, 0.3) is 0 Å². The molecule has 0 fully saturated rings. The van der Waals surface area contributed by atoms with Gasteiger partial charge in [-0.25, -0.2) is 0 Å². The molecule has 0 spiro atoms. The fourth-order valence-electron chi connectivity index (χ4n) is 1.30. The molecule has 0 amide bonds. The highest BCUT2D eigenvalue weighted by atomic mass is 15.1. The third-order valence-corrected chi connectivity index (χ3v) is 2.53. The molecule has 0 bridgehead atoms. The summed E-state index contributed by atoms with van der Waals surface area (Å²) in [6.07, 6.45) is 5.66. The van der Waals surface area contributed by atoms with E-state index in [2.05, 4.69) is 37.8 Å². The molecule has 0 aliphatic rings. The minimum Gasteiger partial charge on any atom is -0.307 e. The highest BCUT2D eigenvalue weighted by Crippen LogP contribution is 2.08. The summed E-state index contributed by atoms with van der Waals surface area (Å²) in [5.41, 5.74) is 0. The molecule has 0 radical (unpaired) electrons. The summed E-state index contributed by atoms with van der Waals surface area (Å²) in [7, 11) is 4.27. The number of hydrogen-bond acceptors (Lipinski definition) is 2. The van der Waals surface area contributed by atoms with Crippen LogP contribution >= 0.6 is 0 Å². The maximum atomic E-state index is 4.33. The van der Waals surface area contributed by atoms with E-state index in [-0.39, 0.29) is 0 Å². The molecule has 2 heteroatoms. The van der Waals surface area contributed by atoms with Gasteiger partial charge in [0, 0.05) is 12.1 Å². The van der Waals surface area contributed by atoms with E-state index in [1.54, 1.807) is 0 Å². The minimum atomic E-state index is 0.499. The predicted molar refractivity (Wildman–Crippen MR) is 60.6 cm³/mol. The lowest BCUT2D eigenvalue weighted by molar-refractivity contribution is 0.290. The van der Waals surface area contributed by atoms with Crippen LogP contribution in [0.25, 0.3) is 0 Å². The summed E-state index contributed by atoms with van der Waals surface area (Å²) >= 11 is 0. The molecule has 2 atom stereocenters. The van der Waals surface area contributed by atoms with Crippen molar-refractivity contribution < 1.29 is 0 Å². The van der Waals surface area contributed by atoms with E-state index in [9.17, 15) is 0 Å². The van der Waals surface area contributed by atoms with Crippen LogP contribution in [0, 0.1) is 0 Å². The highest BCUT2D eigenvalue weighted by Gasteiger charge is 2.04. The summed E-state index contributed by atoms with van der Waals surface area (Å²) in [5.74, 6) is 0. The molecule has 0 heterocycles. The van der Waals surface area contributed by atoms with Crippen LogP contribution in [-0.2, 0) is 0 Å². The molecule has 2 unspecified atom stereocenters. The van der Waals surface area contributed by atoms with E-state index < -0.39 is 0 Å². The van der Waals surface area contributed by atoms with E-state index in [1.165, 1.54) is 19.3 Å². The van der Waals surface area contributed by atoms with Crippen molar-refractivity contribution in [3.63, 3.8) is 0 Å². The smallest absolute Gasteiger partial charge is 0.0467 e. The van der Waals surface area contributed by atoms with E-state index in [0.717, 1.165) is 0 Å². The summed E-state index contributed by atoms with van der Waals surface area (Å²) in [6.45, 7) is 6.44. The topological polar surface area (TPSA) is 15.6 Å². The van der Waals surface area contributed by atoms with Crippen LogP contribution in [0.4, 0.5) is 0 Å². The van der Waals surface area contributed by atoms with Gasteiger partial charge >= 0.3 is 0 Å². The zero-order valence-corrected chi connectivity index (χ0v) is 9.75. The summed E-state index contributed by atoms with van der Waals surface area (Å²) in [6, 6.07) is 1.19. The molecule has 0 aliphatic heterocycles. The molecule has 2 nitrogen and oxygen atoms in total. The Bertz CT molecular complexity index is 141. The Morgan fingerprint density at radius 2 is 1.85 bits per heavy atom. The van der Waals surface area contributed by atoms with Crippen molar-refractivity contribution in [2.45, 2.75) is 52.1 Å². The first-order chi connectivity index (χ1) is 6.07. The fourth-order valence-corrected chi connectivity index (χ4v) is 1.30. The Morgan fingerprint density at radius 3 is 2.31 bits per heavy atom. The van der Waals surface area contributed by atoms with Crippen LogP contribution in [0.1, 0.15) is 40.0 Å². The largest absolute Gasteiger partial charge is 0.307 e. The quantitative estimate of drug-likeness (QED) is 0.579. The van der Waals surface area contributed by atoms with Gasteiger partial charge in [-0.05, 0) is 60.3 Å². The summed E-state index contributed by atoms with van der Waals surface area (Å²) in [4.78, 5) is 6.60. The Morgan fingerprint density at radius 1 is 1.23 bits per heavy atom. The minimum absolute atomic E-state index is 0.499. The van der Waals surface area contributed by atoms with Crippen LogP contribution in [0.15, 0.2) is 4.99 Å². The van der Waals surface area contributed by atoms with Gasteiger partial charge in [0.2, 0.25) is 0 Å². The fraction of sp³-hybridized carbons (Fsp3) is 0.909. The first-order valence-corrected chi connectivity index (χ1v) is 5.22. The first-order valence-electron chi connectivity index (χ1n) is 5.22. The van der Waals surface area contributed by atoms with Crippen LogP contribution < -0.4 is 0 Å². The summed E-state index contributed by atoms with van der Waals surface area (Å²) < 4.78 is 0. The Balaban J connectivity index is 3.44. The monoisotopic (exact) mass is 184 g/mol. The normalized spacial score (nSPS) is 16.8. The molecule has 0 saturated heterocycles. The summed E-state index contributed by atoms with van der Waals surface area (Å²) in [5, 5.41) is 0. The number of aliphatic imine (C=N–C) groups is 1. The second-order valence-corrected chi connectivity index (χ2v) is 4.00. The van der Waals surface area contributed by atoms with Crippen molar-refractivity contribution in [1.82, 2.24) is 4.90 Å². The standard InChI is InChI=1S/C11H24N2/c1-6-12-10(2)8-7-9-11(3)13(4)5/h6,10-11H,7-9H2,1-5H3. The van der Waals surface area contributed by atoms with Crippen LogP contribution in [0.2, 0.25) is 0 Å². The molecular formula is C11H24N2. The van der Waals surface area contributed by atoms with E-state index in [0.29, 0.717) is 12.1 Å². The van der Waals surface area contributed by atoms with Crippen molar-refractivity contribution in [2.24, 2.45) is 4.99 Å². The lowest BCUT2D eigenvalue weighted by atomic mass is 10.1. The highest BCUT2D eigenvalue weighted by molar-refractivity contribution is 5.53. The molecule has 0 rings (SSSR count). The van der Waals surface area contributed by atoms with Gasteiger partial charge < -0.3 is 4.90 Å². The average Bonchev–Trinajstić information content (AvgIpc) is 2.04. The van der Waals surface area contributed by atoms with E-state index in [1.807, 2.05) is 13.1 Å². The zero-order valence-electron chi connectivity index (χ0n) is 9.75. The Labute approximate surface area is 83.0 Å². The third-order valence-electron chi connectivity index (χ3n) is 2.53. The molecule has 0 saturated carbocycles. The molecule has 78 valence electrons. The van der Waals surface area contributed by atoms with Gasteiger partial charge in [0.05, 0.1) is 0 Å². The molecule has 0 aromatic heterocycles. The SMILES string of the molecule is CC=NC(C)CCCC(C)N(C)C. The predicted octanol–water partition coefficient (Wildman–Crippen LogP) is 2.59. The maximum Gasteiger partial charge on any atom is 0.0467 e. The Kier molecular flexibility index (Phi) is 6.87. The van der Waals surface area contributed by atoms with Crippen molar-refractivity contribution in [3.05, 3.63) is 0 Å². The van der Waals surface area contributed by atoms with Crippen LogP contribution in [-0.4, -0.2) is 37.3 Å². The molecule has 0 N–H and O–H groups in total. The first kappa shape index (κ1) is 12.6. The van der Waals surface area contributed by atoms with E-state index >= 15 is 0 Å². The second-order valence-electron chi connectivity index (χ2n) is 4.00. The zero-order chi connectivity index (χ0) is 10.3. The van der Waals surface area contributed by atoms with Crippen molar-refractivity contribution >= 4 is 6.21 Å². The van der Waals surface area contributed by atoms with Crippen molar-refractivity contribution in [1.29, 1.82) is 0 Å². The lowest BCUT2D eigenvalue weighted by Gasteiger charge is -2.19. The van der Waals surface area contributed by atoms with E-state index in [4.69, 9.17) is 0 Å². The number of hydrogen-bond donors (Lipinski definition) is 0.